The van der Waals surface area contributed by atoms with Crippen molar-refractivity contribution >= 4 is 11.7 Å². The topological polar surface area (TPSA) is 81.9 Å². The molecule has 3 atom stereocenters. The first kappa shape index (κ1) is 19.6. The summed E-state index contributed by atoms with van der Waals surface area (Å²) in [5.74, 6) is -0.450. The summed E-state index contributed by atoms with van der Waals surface area (Å²) in [6.07, 6.45) is -0.758. The van der Waals surface area contributed by atoms with Crippen molar-refractivity contribution in [1.29, 1.82) is 0 Å². The van der Waals surface area contributed by atoms with Crippen molar-refractivity contribution in [3.8, 4) is 0 Å². The molecule has 7 heteroatoms. The minimum atomic E-state index is -1.02. The van der Waals surface area contributed by atoms with Crippen LogP contribution in [0.3, 0.4) is 0 Å². The fourth-order valence-electron chi connectivity index (χ4n) is 3.75. The number of anilines is 1. The van der Waals surface area contributed by atoms with E-state index in [2.05, 4.69) is 0 Å². The number of methoxy groups -OCH3 is 1. The summed E-state index contributed by atoms with van der Waals surface area (Å²) in [6.45, 7) is 0. The highest BCUT2D eigenvalue weighted by Gasteiger charge is 2.53. The Morgan fingerprint density at radius 1 is 0.933 bits per heavy atom. The zero-order chi connectivity index (χ0) is 21.1. The summed E-state index contributed by atoms with van der Waals surface area (Å²) in [6, 6.07) is 23.4. The molecule has 0 aromatic heterocycles. The molecule has 0 aliphatic carbocycles. The number of carbonyl (C=O) groups is 1. The van der Waals surface area contributed by atoms with E-state index in [0.717, 1.165) is 11.1 Å². The lowest BCUT2D eigenvalue weighted by atomic mass is 9.93. The first-order valence-electron chi connectivity index (χ1n) is 9.48. The summed E-state index contributed by atoms with van der Waals surface area (Å²) in [7, 11) is 1.32. The highest BCUT2D eigenvalue weighted by atomic mass is 16.7. The van der Waals surface area contributed by atoms with E-state index in [4.69, 9.17) is 9.57 Å². The van der Waals surface area contributed by atoms with Gasteiger partial charge in [-0.05, 0) is 35.4 Å². The SMILES string of the molecule is COC(=O)c1ccc(N2O[C@H](c3ccccc3)[C@@H]([N+](=O)[O-])[C@H]2c2ccccc2)cc1. The summed E-state index contributed by atoms with van der Waals surface area (Å²) in [5.41, 5.74) is 2.51. The van der Waals surface area contributed by atoms with Crippen LogP contribution in [-0.2, 0) is 9.57 Å². The molecule has 3 aromatic rings. The van der Waals surface area contributed by atoms with Gasteiger partial charge in [-0.3, -0.25) is 15.0 Å². The van der Waals surface area contributed by atoms with Crippen LogP contribution < -0.4 is 5.06 Å². The minimum Gasteiger partial charge on any atom is -0.465 e. The van der Waals surface area contributed by atoms with Gasteiger partial charge in [0.25, 0.3) is 6.04 Å². The van der Waals surface area contributed by atoms with E-state index in [0.29, 0.717) is 11.3 Å². The number of nitro groups is 1. The monoisotopic (exact) mass is 404 g/mol. The van der Waals surface area contributed by atoms with Gasteiger partial charge in [0.15, 0.2) is 12.1 Å². The van der Waals surface area contributed by atoms with E-state index in [1.807, 2.05) is 60.7 Å². The highest BCUT2D eigenvalue weighted by Crippen LogP contribution is 2.45. The van der Waals surface area contributed by atoms with Crippen LogP contribution in [0.4, 0.5) is 5.69 Å². The van der Waals surface area contributed by atoms with E-state index in [1.165, 1.54) is 7.11 Å². The molecule has 1 fully saturated rings. The molecule has 4 rings (SSSR count). The lowest BCUT2D eigenvalue weighted by molar-refractivity contribution is -0.531. The molecular weight excluding hydrogens is 384 g/mol. The Labute approximate surface area is 173 Å². The van der Waals surface area contributed by atoms with E-state index >= 15 is 0 Å². The molecule has 7 nitrogen and oxygen atoms in total. The number of hydrogen-bond acceptors (Lipinski definition) is 6. The molecule has 1 saturated heterocycles. The van der Waals surface area contributed by atoms with Gasteiger partial charge in [0.05, 0.1) is 18.4 Å². The second kappa shape index (κ2) is 8.34. The zero-order valence-electron chi connectivity index (χ0n) is 16.3. The smallest absolute Gasteiger partial charge is 0.337 e. The average Bonchev–Trinajstić information content (AvgIpc) is 3.21. The summed E-state index contributed by atoms with van der Waals surface area (Å²) >= 11 is 0. The minimum absolute atomic E-state index is 0.280. The van der Waals surface area contributed by atoms with Crippen LogP contribution in [0.2, 0.25) is 0 Å². The van der Waals surface area contributed by atoms with Crippen LogP contribution in [0.25, 0.3) is 0 Å². The number of rotatable bonds is 5. The van der Waals surface area contributed by atoms with Crippen molar-refractivity contribution in [3.63, 3.8) is 0 Å². The standard InChI is InChI=1S/C23H20N2O5/c1-29-23(26)18-12-14-19(15-13-18)24-20(16-8-4-2-5-9-16)21(25(27)28)22(30-24)17-10-6-3-7-11-17/h2-15,20-22H,1H3/t20-,21+,22-/m1/s1. The predicted molar refractivity (Wildman–Crippen MR) is 110 cm³/mol. The first-order valence-corrected chi connectivity index (χ1v) is 9.48. The molecule has 1 heterocycles. The van der Waals surface area contributed by atoms with Gasteiger partial charge in [-0.15, -0.1) is 0 Å². The summed E-state index contributed by atoms with van der Waals surface area (Å²) < 4.78 is 4.74. The van der Waals surface area contributed by atoms with Gasteiger partial charge >= 0.3 is 5.97 Å². The Morgan fingerprint density at radius 3 is 2.03 bits per heavy atom. The van der Waals surface area contributed by atoms with Crippen molar-refractivity contribution in [2.45, 2.75) is 18.2 Å². The average molecular weight is 404 g/mol. The molecule has 0 unspecified atom stereocenters. The predicted octanol–water partition coefficient (Wildman–Crippen LogP) is 4.35. The number of benzene rings is 3. The second-order valence-corrected chi connectivity index (χ2v) is 6.93. The van der Waals surface area contributed by atoms with Crippen LogP contribution in [0.5, 0.6) is 0 Å². The first-order chi connectivity index (χ1) is 14.6. The molecule has 0 amide bonds. The number of esters is 1. The van der Waals surface area contributed by atoms with Gasteiger partial charge < -0.3 is 4.74 Å². The number of carbonyl (C=O) groups excluding carboxylic acids is 1. The van der Waals surface area contributed by atoms with Gasteiger partial charge in [0.2, 0.25) is 0 Å². The van der Waals surface area contributed by atoms with Crippen LogP contribution >= 0.6 is 0 Å². The molecule has 0 radical (unpaired) electrons. The Morgan fingerprint density at radius 2 is 1.50 bits per heavy atom. The van der Waals surface area contributed by atoms with Gasteiger partial charge in [-0.1, -0.05) is 60.7 Å². The van der Waals surface area contributed by atoms with E-state index in [-0.39, 0.29) is 4.92 Å². The Hall–Kier alpha value is -3.71. The quantitative estimate of drug-likeness (QED) is 0.357. The van der Waals surface area contributed by atoms with Crippen LogP contribution in [0, 0.1) is 10.1 Å². The lowest BCUT2D eigenvalue weighted by Crippen LogP contribution is -2.32. The molecular formula is C23H20N2O5. The van der Waals surface area contributed by atoms with Crippen molar-refractivity contribution in [3.05, 3.63) is 112 Å². The van der Waals surface area contributed by atoms with Crippen LogP contribution in [0.15, 0.2) is 84.9 Å². The fraction of sp³-hybridized carbons (Fsp3) is 0.174. The number of hydrogen-bond donors (Lipinski definition) is 0. The van der Waals surface area contributed by atoms with Crippen LogP contribution in [0.1, 0.15) is 33.6 Å². The second-order valence-electron chi connectivity index (χ2n) is 6.93. The Balaban J connectivity index is 1.79. The largest absolute Gasteiger partial charge is 0.465 e. The molecule has 0 N–H and O–H groups in total. The normalized spacial score (nSPS) is 20.7. The molecule has 0 saturated carbocycles. The van der Waals surface area contributed by atoms with Gasteiger partial charge in [0.1, 0.15) is 0 Å². The molecule has 152 valence electrons. The molecule has 30 heavy (non-hydrogen) atoms. The van der Waals surface area contributed by atoms with Gasteiger partial charge in [-0.2, -0.15) is 0 Å². The highest BCUT2D eigenvalue weighted by molar-refractivity contribution is 5.89. The maximum Gasteiger partial charge on any atom is 0.337 e. The molecule has 0 spiro atoms. The third-order valence-corrected chi connectivity index (χ3v) is 5.17. The summed E-state index contributed by atoms with van der Waals surface area (Å²) in [4.78, 5) is 29.8. The van der Waals surface area contributed by atoms with E-state index in [9.17, 15) is 14.9 Å². The number of nitrogens with zero attached hydrogens (tertiary/aromatic N) is 2. The Kier molecular flexibility index (Phi) is 5.45. The molecule has 3 aromatic carbocycles. The number of hydroxylamine groups is 1. The van der Waals surface area contributed by atoms with Crippen molar-refractivity contribution < 1.29 is 19.3 Å². The van der Waals surface area contributed by atoms with Gasteiger partial charge in [-0.25, -0.2) is 9.86 Å². The van der Waals surface area contributed by atoms with Gasteiger partial charge in [0, 0.05) is 4.92 Å². The number of ether oxygens (including phenoxy) is 1. The molecule has 1 aliphatic heterocycles. The van der Waals surface area contributed by atoms with Crippen molar-refractivity contribution in [2.75, 3.05) is 12.2 Å². The van der Waals surface area contributed by atoms with Crippen molar-refractivity contribution in [1.82, 2.24) is 0 Å². The zero-order valence-corrected chi connectivity index (χ0v) is 16.3. The molecule has 1 aliphatic rings. The molecule has 0 bridgehead atoms. The van der Waals surface area contributed by atoms with Crippen LogP contribution in [-0.4, -0.2) is 24.0 Å². The third kappa shape index (κ3) is 3.62. The lowest BCUT2D eigenvalue weighted by Gasteiger charge is -2.24. The van der Waals surface area contributed by atoms with E-state index in [1.54, 1.807) is 29.3 Å². The maximum atomic E-state index is 12.2. The fourth-order valence-corrected chi connectivity index (χ4v) is 3.75. The maximum absolute atomic E-state index is 12.2. The third-order valence-electron chi connectivity index (χ3n) is 5.17. The van der Waals surface area contributed by atoms with E-state index < -0.39 is 24.2 Å². The van der Waals surface area contributed by atoms with Crippen molar-refractivity contribution in [2.24, 2.45) is 0 Å². The Bertz CT molecular complexity index is 1020. The summed E-state index contributed by atoms with van der Waals surface area (Å²) in [5, 5.41) is 13.7.